The second-order valence-electron chi connectivity index (χ2n) is 29.0. The van der Waals surface area contributed by atoms with Crippen molar-refractivity contribution < 1.29 is 0 Å². The molecule has 0 radical (unpaired) electrons. The van der Waals surface area contributed by atoms with Crippen molar-refractivity contribution in [3.8, 4) is 158 Å². The fourth-order valence-electron chi connectivity index (χ4n) is 15.6. The van der Waals surface area contributed by atoms with Gasteiger partial charge in [0.05, 0.1) is 37.3 Å². The molecule has 0 spiro atoms. The van der Waals surface area contributed by atoms with Crippen molar-refractivity contribution in [3.63, 3.8) is 0 Å². The van der Waals surface area contributed by atoms with Crippen molar-refractivity contribution in [1.82, 2.24) is 49.8 Å². The molecule has 22 aromatic rings. The monoisotopic (exact) mass is 1540 g/mol. The van der Waals surface area contributed by atoms with Crippen LogP contribution in [0.15, 0.2) is 401 Å². The molecule has 8 aromatic heterocycles. The highest BCUT2D eigenvalue weighted by atomic mass is 32.1. The van der Waals surface area contributed by atoms with E-state index >= 15 is 0 Å². The molecule has 22 rings (SSSR count). The number of hydrogen-bond donors (Lipinski definition) is 0. The Morgan fingerprint density at radius 3 is 0.864 bits per heavy atom. The first kappa shape index (κ1) is 70.5. The number of rotatable bonds is 14. The molecule has 0 fully saturated rings. The number of pyridine rings is 4. The Bertz CT molecular complexity index is 7030. The van der Waals surface area contributed by atoms with E-state index in [1.54, 1.807) is 22.7 Å². The van der Waals surface area contributed by atoms with Gasteiger partial charge in [-0.1, -0.05) is 340 Å². The maximum Gasteiger partial charge on any atom is 0.164 e. The zero-order valence-electron chi connectivity index (χ0n) is 63.4. The zero-order chi connectivity index (χ0) is 78.2. The van der Waals surface area contributed by atoms with Crippen LogP contribution in [0.3, 0.4) is 0 Å². The molecular weight excluding hydrogens is 1480 g/mol. The SMILES string of the molecule is c1ccc(-c2ccc(-c3nc(-c4ccccc4)nc(-c4ccc(-c5ccc(-c6cccc(-c7nc8cccnc8c8c7sc7ccccc78)c6)cc5)cc4)n3)cc2)cc1.c1ccc(-c2ccc(-c3nc(-c4ccccc4)nc(-c4ccc(-c5ccc(-c6cccc(-c7nc8ccncc8c8c7sc7ccccc78)c6)cc5)cc4)n3)cc2)cc1. The van der Waals surface area contributed by atoms with Crippen molar-refractivity contribution in [2.45, 2.75) is 0 Å². The van der Waals surface area contributed by atoms with Gasteiger partial charge in [-0.25, -0.2) is 39.9 Å². The Hall–Kier alpha value is -15.3. The average Bonchev–Trinajstić information content (AvgIpc) is 1.52. The Morgan fingerprint density at radius 1 is 0.186 bits per heavy atom. The first-order valence-electron chi connectivity index (χ1n) is 39.1. The van der Waals surface area contributed by atoms with Gasteiger partial charge < -0.3 is 0 Å². The topological polar surface area (TPSA) is 129 Å². The third kappa shape index (κ3) is 13.9. The molecular formula is C106H66N10S2. The van der Waals surface area contributed by atoms with E-state index in [0.29, 0.717) is 34.9 Å². The summed E-state index contributed by atoms with van der Waals surface area (Å²) in [6.45, 7) is 0. The Kier molecular flexibility index (Phi) is 18.4. The summed E-state index contributed by atoms with van der Waals surface area (Å²) in [4.78, 5) is 49.3. The predicted molar refractivity (Wildman–Crippen MR) is 488 cm³/mol. The minimum Gasteiger partial charge on any atom is -0.264 e. The maximum absolute atomic E-state index is 5.20. The molecule has 12 heteroatoms. The van der Waals surface area contributed by atoms with E-state index in [2.05, 4.69) is 302 Å². The highest BCUT2D eigenvalue weighted by molar-refractivity contribution is 7.27. The van der Waals surface area contributed by atoms with Gasteiger partial charge in [-0.2, -0.15) is 0 Å². The fraction of sp³-hybridized carbons (Fsp3) is 0. The largest absolute Gasteiger partial charge is 0.264 e. The summed E-state index contributed by atoms with van der Waals surface area (Å²) in [5, 5.41) is 5.95. The average molecular weight is 1540 g/mol. The van der Waals surface area contributed by atoms with E-state index in [4.69, 9.17) is 44.9 Å². The molecule has 552 valence electrons. The van der Waals surface area contributed by atoms with Crippen molar-refractivity contribution >= 4 is 85.0 Å². The molecule has 0 bridgehead atoms. The summed E-state index contributed by atoms with van der Waals surface area (Å²) in [5.74, 6) is 3.82. The third-order valence-electron chi connectivity index (χ3n) is 21.7. The molecule has 0 N–H and O–H groups in total. The molecule has 118 heavy (non-hydrogen) atoms. The first-order valence-corrected chi connectivity index (χ1v) is 40.8. The van der Waals surface area contributed by atoms with Gasteiger partial charge in [0.15, 0.2) is 34.9 Å². The molecule has 8 heterocycles. The van der Waals surface area contributed by atoms with Crippen molar-refractivity contribution in [3.05, 3.63) is 401 Å². The predicted octanol–water partition coefficient (Wildman–Crippen LogP) is 27.7. The normalized spacial score (nSPS) is 11.4. The smallest absolute Gasteiger partial charge is 0.164 e. The Balaban J connectivity index is 0.000000147. The lowest BCUT2D eigenvalue weighted by atomic mass is 9.97. The van der Waals surface area contributed by atoms with Crippen molar-refractivity contribution in [2.24, 2.45) is 0 Å². The van der Waals surface area contributed by atoms with Crippen LogP contribution < -0.4 is 0 Å². The van der Waals surface area contributed by atoms with E-state index in [9.17, 15) is 0 Å². The number of thiophene rings is 2. The number of benzene rings is 14. The zero-order valence-corrected chi connectivity index (χ0v) is 65.0. The standard InChI is InChI=1S/2C53H33N5S/c1-3-11-34(12-4-1)35-24-28-40(29-25-35)52-56-51(39-13-5-2-6-14-39)57-53(58-52)41-30-26-37(27-31-41)36-20-22-38(23-21-36)42-15-9-16-43(33-42)48-50-47(44-17-7-8-19-46(44)59-50)49-45(55-48)18-10-32-54-49;1-3-10-34(11-4-1)35-22-26-40(27-23-35)52-56-51(39-12-5-2-6-13-39)57-53(58-52)41-28-24-37(25-29-41)36-18-20-38(21-19-36)42-14-9-15-43(32-42)49-50-48(44-16-7-8-17-47(44)59-50)45-33-54-31-30-46(45)55-49/h2*1-33H. The van der Waals surface area contributed by atoms with Gasteiger partial charge in [0.1, 0.15) is 0 Å². The van der Waals surface area contributed by atoms with E-state index in [-0.39, 0.29) is 0 Å². The van der Waals surface area contributed by atoms with E-state index in [1.165, 1.54) is 46.8 Å². The van der Waals surface area contributed by atoms with E-state index in [1.807, 2.05) is 104 Å². The minimum atomic E-state index is 0.632. The summed E-state index contributed by atoms with van der Waals surface area (Å²) in [5.41, 5.74) is 26.3. The van der Waals surface area contributed by atoms with Crippen LogP contribution in [-0.2, 0) is 0 Å². The van der Waals surface area contributed by atoms with Crippen LogP contribution in [0, 0.1) is 0 Å². The lowest BCUT2D eigenvalue weighted by Crippen LogP contribution is -2.00. The molecule has 10 nitrogen and oxygen atoms in total. The van der Waals surface area contributed by atoms with Crippen LogP contribution in [0.25, 0.3) is 220 Å². The lowest BCUT2D eigenvalue weighted by molar-refractivity contribution is 1.07. The van der Waals surface area contributed by atoms with Gasteiger partial charge in [-0.05, 0) is 109 Å². The number of aromatic nitrogens is 10. The summed E-state index contributed by atoms with van der Waals surface area (Å²) in [6.07, 6.45) is 5.62. The van der Waals surface area contributed by atoms with Crippen molar-refractivity contribution in [2.75, 3.05) is 0 Å². The number of hydrogen-bond acceptors (Lipinski definition) is 12. The van der Waals surface area contributed by atoms with Crippen LogP contribution in [-0.4, -0.2) is 49.8 Å². The third-order valence-corrected chi connectivity index (χ3v) is 24.0. The number of fused-ring (bicyclic) bond motifs is 10. The van der Waals surface area contributed by atoms with Crippen LogP contribution in [0.4, 0.5) is 0 Å². The van der Waals surface area contributed by atoms with Gasteiger partial charge in [-0.15, -0.1) is 22.7 Å². The molecule has 0 aliphatic heterocycles. The van der Waals surface area contributed by atoms with Gasteiger partial charge >= 0.3 is 0 Å². The first-order chi connectivity index (χ1) is 58.4. The summed E-state index contributed by atoms with van der Waals surface area (Å²) in [7, 11) is 0. The van der Waals surface area contributed by atoms with Crippen LogP contribution in [0.1, 0.15) is 0 Å². The second kappa shape index (κ2) is 30.9. The summed E-state index contributed by atoms with van der Waals surface area (Å²) in [6, 6.07) is 133. The highest BCUT2D eigenvalue weighted by Crippen LogP contribution is 2.46. The fourth-order valence-corrected chi connectivity index (χ4v) is 18.1. The Labute approximate surface area is 688 Å². The highest BCUT2D eigenvalue weighted by Gasteiger charge is 2.22. The Morgan fingerprint density at radius 2 is 0.475 bits per heavy atom. The quantitative estimate of drug-likeness (QED) is 0.104. The minimum absolute atomic E-state index is 0.632. The van der Waals surface area contributed by atoms with Crippen molar-refractivity contribution in [1.29, 1.82) is 0 Å². The van der Waals surface area contributed by atoms with Gasteiger partial charge in [0, 0.05) is 99.4 Å². The number of nitrogens with zero attached hydrogens (tertiary/aromatic N) is 10. The molecule has 14 aromatic carbocycles. The molecule has 0 aliphatic rings. The lowest BCUT2D eigenvalue weighted by Gasteiger charge is -2.10. The summed E-state index contributed by atoms with van der Waals surface area (Å²) >= 11 is 3.58. The van der Waals surface area contributed by atoms with Crippen LogP contribution >= 0.6 is 22.7 Å². The van der Waals surface area contributed by atoms with Gasteiger partial charge in [-0.3, -0.25) is 9.97 Å². The molecule has 0 saturated heterocycles. The second-order valence-corrected chi connectivity index (χ2v) is 31.1. The molecule has 0 saturated carbocycles. The van der Waals surface area contributed by atoms with Gasteiger partial charge in [0.25, 0.3) is 0 Å². The summed E-state index contributed by atoms with van der Waals surface area (Å²) < 4.78 is 4.84. The molecule has 0 aliphatic carbocycles. The van der Waals surface area contributed by atoms with Crippen LogP contribution in [0.2, 0.25) is 0 Å². The molecule has 0 atom stereocenters. The van der Waals surface area contributed by atoms with E-state index < -0.39 is 0 Å². The molecule has 0 amide bonds. The molecule has 0 unspecified atom stereocenters. The maximum atomic E-state index is 5.20. The van der Waals surface area contributed by atoms with Crippen LogP contribution in [0.5, 0.6) is 0 Å². The van der Waals surface area contributed by atoms with E-state index in [0.717, 1.165) is 138 Å². The van der Waals surface area contributed by atoms with Gasteiger partial charge in [0.2, 0.25) is 0 Å².